The molecule has 0 atom stereocenters. The van der Waals surface area contributed by atoms with Gasteiger partial charge in [0.2, 0.25) is 15.9 Å². The lowest BCUT2D eigenvalue weighted by atomic mass is 10.1. The van der Waals surface area contributed by atoms with Crippen molar-refractivity contribution in [2.24, 2.45) is 0 Å². The standard InChI is InChI=1S/C22H28N4O3S/c27-22(24-21-12-9-19(16-23-21)26-14-2-1-3-15-26)13-6-17-4-10-20(11-5-17)30(28,29)25-18-7-8-18/h4-5,9-12,16,18,25H,1-3,6-8,13-15H2,(H,23,24,27). The minimum Gasteiger partial charge on any atom is -0.370 e. The van der Waals surface area contributed by atoms with Gasteiger partial charge in [-0.15, -0.1) is 0 Å². The van der Waals surface area contributed by atoms with Crippen molar-refractivity contribution < 1.29 is 13.2 Å². The predicted molar refractivity (Wildman–Crippen MR) is 117 cm³/mol. The third-order valence-corrected chi connectivity index (χ3v) is 7.05. The van der Waals surface area contributed by atoms with Crippen LogP contribution < -0.4 is 14.9 Å². The molecule has 2 N–H and O–H groups in total. The molecule has 7 nitrogen and oxygen atoms in total. The topological polar surface area (TPSA) is 91.4 Å². The highest BCUT2D eigenvalue weighted by atomic mass is 32.2. The third kappa shape index (κ3) is 5.58. The Kier molecular flexibility index (Phi) is 6.34. The maximum absolute atomic E-state index is 12.3. The van der Waals surface area contributed by atoms with Crippen LogP contribution in [0.2, 0.25) is 0 Å². The van der Waals surface area contributed by atoms with E-state index < -0.39 is 10.0 Å². The second-order valence-electron chi connectivity index (χ2n) is 8.04. The fourth-order valence-corrected chi connectivity index (χ4v) is 4.89. The number of hydrogen-bond acceptors (Lipinski definition) is 5. The molecule has 1 aromatic carbocycles. The number of rotatable bonds is 8. The molecule has 0 spiro atoms. The summed E-state index contributed by atoms with van der Waals surface area (Å²) in [7, 11) is -3.44. The number of aryl methyl sites for hydroxylation is 1. The molecule has 1 amide bonds. The van der Waals surface area contributed by atoms with Gasteiger partial charge in [-0.1, -0.05) is 12.1 Å². The van der Waals surface area contributed by atoms with E-state index in [2.05, 4.69) is 19.9 Å². The van der Waals surface area contributed by atoms with Gasteiger partial charge < -0.3 is 10.2 Å². The number of nitrogens with one attached hydrogen (secondary N) is 2. The lowest BCUT2D eigenvalue weighted by Crippen LogP contribution is -2.29. The first-order valence-corrected chi connectivity index (χ1v) is 12.1. The first-order chi connectivity index (χ1) is 14.5. The van der Waals surface area contributed by atoms with E-state index in [0.717, 1.165) is 37.2 Å². The molecule has 0 unspecified atom stereocenters. The van der Waals surface area contributed by atoms with Crippen LogP contribution in [0.25, 0.3) is 0 Å². The number of pyridine rings is 1. The molecular weight excluding hydrogens is 400 g/mol. The number of nitrogens with zero attached hydrogens (tertiary/aromatic N) is 2. The van der Waals surface area contributed by atoms with Gasteiger partial charge in [0.05, 0.1) is 16.8 Å². The van der Waals surface area contributed by atoms with Crippen LogP contribution in [0.4, 0.5) is 11.5 Å². The van der Waals surface area contributed by atoms with E-state index in [0.29, 0.717) is 18.7 Å². The van der Waals surface area contributed by atoms with Gasteiger partial charge in [0, 0.05) is 25.6 Å². The molecule has 0 radical (unpaired) electrons. The summed E-state index contributed by atoms with van der Waals surface area (Å²) >= 11 is 0. The largest absolute Gasteiger partial charge is 0.370 e. The summed E-state index contributed by atoms with van der Waals surface area (Å²) in [6.07, 6.45) is 8.18. The number of carbonyl (C=O) groups is 1. The normalized spacial score (nSPS) is 17.0. The van der Waals surface area contributed by atoms with Crippen molar-refractivity contribution in [2.75, 3.05) is 23.3 Å². The van der Waals surface area contributed by atoms with E-state index in [-0.39, 0.29) is 16.8 Å². The van der Waals surface area contributed by atoms with Gasteiger partial charge >= 0.3 is 0 Å². The highest BCUT2D eigenvalue weighted by Gasteiger charge is 2.27. The van der Waals surface area contributed by atoms with Crippen LogP contribution in [-0.4, -0.2) is 38.4 Å². The first kappa shape index (κ1) is 20.8. The van der Waals surface area contributed by atoms with Gasteiger partial charge in [-0.3, -0.25) is 4.79 Å². The molecular formula is C22H28N4O3S. The SMILES string of the molecule is O=C(CCc1ccc(S(=O)(=O)NC2CC2)cc1)Nc1ccc(N2CCCCC2)cn1. The average Bonchev–Trinajstić information content (AvgIpc) is 3.57. The number of piperidine rings is 1. The number of aromatic nitrogens is 1. The fourth-order valence-electron chi connectivity index (χ4n) is 3.59. The van der Waals surface area contributed by atoms with E-state index in [1.807, 2.05) is 18.3 Å². The van der Waals surface area contributed by atoms with Gasteiger partial charge in [0.1, 0.15) is 5.82 Å². The minimum absolute atomic E-state index is 0.0842. The molecule has 1 aliphatic carbocycles. The van der Waals surface area contributed by atoms with E-state index in [1.165, 1.54) is 19.3 Å². The zero-order chi connectivity index (χ0) is 21.0. The molecule has 1 saturated carbocycles. The Morgan fingerprint density at radius 1 is 1.03 bits per heavy atom. The van der Waals surface area contributed by atoms with Crippen molar-refractivity contribution in [3.05, 3.63) is 48.2 Å². The molecule has 0 bridgehead atoms. The molecule has 2 aromatic rings. The Balaban J connectivity index is 1.26. The molecule has 1 aliphatic heterocycles. The lowest BCUT2D eigenvalue weighted by Gasteiger charge is -2.28. The van der Waals surface area contributed by atoms with Gasteiger partial charge in [0.25, 0.3) is 0 Å². The van der Waals surface area contributed by atoms with Crippen LogP contribution in [0.5, 0.6) is 0 Å². The maximum atomic E-state index is 12.3. The second kappa shape index (κ2) is 9.14. The Labute approximate surface area is 177 Å². The molecule has 30 heavy (non-hydrogen) atoms. The highest BCUT2D eigenvalue weighted by molar-refractivity contribution is 7.89. The fraction of sp³-hybridized carbons (Fsp3) is 0.455. The smallest absolute Gasteiger partial charge is 0.240 e. The van der Waals surface area contributed by atoms with Crippen LogP contribution in [-0.2, 0) is 21.2 Å². The zero-order valence-electron chi connectivity index (χ0n) is 17.0. The van der Waals surface area contributed by atoms with Crippen LogP contribution >= 0.6 is 0 Å². The molecule has 1 aromatic heterocycles. The van der Waals surface area contributed by atoms with E-state index in [4.69, 9.17) is 0 Å². The highest BCUT2D eigenvalue weighted by Crippen LogP contribution is 2.23. The van der Waals surface area contributed by atoms with Crippen LogP contribution in [0.1, 0.15) is 44.1 Å². The van der Waals surface area contributed by atoms with Gasteiger partial charge in [-0.2, -0.15) is 0 Å². The van der Waals surface area contributed by atoms with Crippen LogP contribution in [0.3, 0.4) is 0 Å². The number of benzene rings is 1. The summed E-state index contributed by atoms with van der Waals surface area (Å²) in [5, 5.41) is 2.83. The summed E-state index contributed by atoms with van der Waals surface area (Å²) in [5.41, 5.74) is 2.02. The summed E-state index contributed by atoms with van der Waals surface area (Å²) in [6, 6.07) is 10.6. The molecule has 8 heteroatoms. The molecule has 2 heterocycles. The quantitative estimate of drug-likeness (QED) is 0.674. The van der Waals surface area contributed by atoms with Crippen molar-refractivity contribution in [3.8, 4) is 0 Å². The molecule has 4 rings (SSSR count). The predicted octanol–water partition coefficient (Wildman–Crippen LogP) is 3.08. The average molecular weight is 429 g/mol. The monoisotopic (exact) mass is 428 g/mol. The van der Waals surface area contributed by atoms with Gasteiger partial charge in [-0.05, 0) is 68.4 Å². The number of carbonyl (C=O) groups excluding carboxylic acids is 1. The van der Waals surface area contributed by atoms with Crippen LogP contribution in [0, 0.1) is 0 Å². The summed E-state index contributed by atoms with van der Waals surface area (Å²) in [5.74, 6) is 0.439. The van der Waals surface area contributed by atoms with Gasteiger partial charge in [-0.25, -0.2) is 18.1 Å². The Morgan fingerprint density at radius 3 is 2.40 bits per heavy atom. The lowest BCUT2D eigenvalue weighted by molar-refractivity contribution is -0.116. The first-order valence-electron chi connectivity index (χ1n) is 10.6. The minimum atomic E-state index is -3.44. The maximum Gasteiger partial charge on any atom is 0.240 e. The van der Waals surface area contributed by atoms with Crippen molar-refractivity contribution in [1.82, 2.24) is 9.71 Å². The number of hydrogen-bond donors (Lipinski definition) is 2. The van der Waals surface area contributed by atoms with Crippen molar-refractivity contribution in [1.29, 1.82) is 0 Å². The van der Waals surface area contributed by atoms with E-state index in [9.17, 15) is 13.2 Å². The second-order valence-corrected chi connectivity index (χ2v) is 9.75. The van der Waals surface area contributed by atoms with Crippen molar-refractivity contribution in [3.63, 3.8) is 0 Å². The number of anilines is 2. The zero-order valence-corrected chi connectivity index (χ0v) is 17.8. The Bertz CT molecular complexity index is 964. The molecule has 2 fully saturated rings. The van der Waals surface area contributed by atoms with E-state index >= 15 is 0 Å². The van der Waals surface area contributed by atoms with E-state index in [1.54, 1.807) is 24.3 Å². The Morgan fingerprint density at radius 2 is 1.77 bits per heavy atom. The molecule has 160 valence electrons. The summed E-state index contributed by atoms with van der Waals surface area (Å²) in [4.78, 5) is 19.2. The molecule has 1 saturated heterocycles. The summed E-state index contributed by atoms with van der Waals surface area (Å²) < 4.78 is 27.1. The number of sulfonamides is 1. The number of amides is 1. The molecule has 2 aliphatic rings. The Hall–Kier alpha value is -2.45. The van der Waals surface area contributed by atoms with Crippen molar-refractivity contribution >= 4 is 27.4 Å². The van der Waals surface area contributed by atoms with Gasteiger partial charge in [0.15, 0.2) is 0 Å². The third-order valence-electron chi connectivity index (χ3n) is 5.51. The van der Waals surface area contributed by atoms with Crippen LogP contribution in [0.15, 0.2) is 47.5 Å². The summed E-state index contributed by atoms with van der Waals surface area (Å²) in [6.45, 7) is 2.12. The van der Waals surface area contributed by atoms with Crippen molar-refractivity contribution in [2.45, 2.75) is 55.9 Å².